The maximum Gasteiger partial charge on any atom is 0.303 e. The Labute approximate surface area is 344 Å². The van der Waals surface area contributed by atoms with Crippen LogP contribution >= 0.6 is 0 Å². The van der Waals surface area contributed by atoms with E-state index in [4.69, 9.17) is 47.4 Å². The Morgan fingerprint density at radius 3 is 1.62 bits per heavy atom. The Bertz CT molecular complexity index is 1890. The van der Waals surface area contributed by atoms with E-state index in [2.05, 4.69) is 0 Å². The Morgan fingerprint density at radius 1 is 0.583 bits per heavy atom. The van der Waals surface area contributed by atoms with Gasteiger partial charge in [-0.3, -0.25) is 38.4 Å². The molecule has 2 fully saturated rings. The van der Waals surface area contributed by atoms with Crippen molar-refractivity contribution in [1.82, 2.24) is 0 Å². The number of aliphatic carboxylic acids is 1. The number of carboxylic acids is 1. The third-order valence-corrected chi connectivity index (χ3v) is 8.81. The van der Waals surface area contributed by atoms with E-state index in [0.29, 0.717) is 11.1 Å². The third kappa shape index (κ3) is 13.7. The highest BCUT2D eigenvalue weighted by molar-refractivity contribution is 6.06. The summed E-state index contributed by atoms with van der Waals surface area (Å²) in [6.07, 6.45) is -12.1. The number of carbonyl (C=O) groups is 8. The van der Waals surface area contributed by atoms with Gasteiger partial charge in [0.2, 0.25) is 6.29 Å². The number of hydrogen-bond donors (Lipinski definition) is 1. The lowest BCUT2D eigenvalue weighted by molar-refractivity contribution is -0.349. The van der Waals surface area contributed by atoms with Crippen molar-refractivity contribution in [3.63, 3.8) is 0 Å². The minimum absolute atomic E-state index is 0.156. The first-order valence-electron chi connectivity index (χ1n) is 18.6. The lowest BCUT2D eigenvalue weighted by Crippen LogP contribution is -2.66. The highest BCUT2D eigenvalue weighted by atomic mass is 16.8. The van der Waals surface area contributed by atoms with Crippen molar-refractivity contribution in [1.29, 1.82) is 0 Å². The van der Waals surface area contributed by atoms with Crippen LogP contribution in [-0.2, 0) is 76.2 Å². The maximum absolute atomic E-state index is 12.6. The van der Waals surface area contributed by atoms with Crippen LogP contribution in [0.4, 0.5) is 0 Å². The summed E-state index contributed by atoms with van der Waals surface area (Å²) in [5.41, 5.74) is 1.11. The Hall–Kier alpha value is -6.18. The van der Waals surface area contributed by atoms with Gasteiger partial charge >= 0.3 is 41.8 Å². The van der Waals surface area contributed by atoms with Gasteiger partial charge in [0.05, 0.1) is 12.5 Å². The van der Waals surface area contributed by atoms with Crippen molar-refractivity contribution in [2.75, 3.05) is 13.2 Å². The van der Waals surface area contributed by atoms with Crippen molar-refractivity contribution in [3.8, 4) is 5.75 Å². The smallest absolute Gasteiger partial charge is 0.303 e. The molecule has 0 spiro atoms. The molecule has 2 aliphatic rings. The molecule has 0 bridgehead atoms. The number of rotatable bonds is 17. The molecule has 19 nitrogen and oxygen atoms in total. The first kappa shape index (κ1) is 46.5. The summed E-state index contributed by atoms with van der Waals surface area (Å²) in [5, 5.41) is 10.2. The standard InChI is InChI=1S/C41H46O19/c1-21(42)51-19-32-35(60-41-39(56-26(6)47)38(55-25(5)46)37(54-24(4)45)33(59-41)20-52-22(2)43)30(18-34(49)50)36(53-23(3)44)40(58-32)57-29-15-12-27(13-16-29)14-17-31(48)28-10-8-7-9-11-28/h7-17,30,32-33,35-41H,18-20H2,1-6H3,(H,49,50)/b17-14+. The summed E-state index contributed by atoms with van der Waals surface area (Å²) in [7, 11) is 0. The second kappa shape index (κ2) is 21.7. The van der Waals surface area contributed by atoms with Gasteiger partial charge in [-0.1, -0.05) is 48.5 Å². The number of ether oxygens (including phenoxy) is 10. The van der Waals surface area contributed by atoms with Crippen LogP contribution in [0, 0.1) is 5.92 Å². The third-order valence-electron chi connectivity index (χ3n) is 8.81. The van der Waals surface area contributed by atoms with Gasteiger partial charge < -0.3 is 52.5 Å². The SMILES string of the molecule is CC(=O)OCC1OC(Oc2ccc(/C=C/C(=O)c3ccccc3)cc2)C(OC(C)=O)C(CC(=O)O)C1OC1OC(COC(C)=O)C(OC(C)=O)C(OC(C)=O)C1OC(C)=O. The molecule has 0 aliphatic carbocycles. The normalized spacial score (nSPS) is 26.2. The molecule has 60 heavy (non-hydrogen) atoms. The monoisotopic (exact) mass is 842 g/mol. The highest BCUT2D eigenvalue weighted by Crippen LogP contribution is 2.38. The molecule has 2 heterocycles. The molecular weight excluding hydrogens is 796 g/mol. The molecule has 0 aromatic heterocycles. The van der Waals surface area contributed by atoms with E-state index in [0.717, 1.165) is 41.5 Å². The van der Waals surface area contributed by atoms with Gasteiger partial charge in [-0.15, -0.1) is 0 Å². The number of benzene rings is 2. The second-order valence-corrected chi connectivity index (χ2v) is 13.6. The molecule has 0 saturated carbocycles. The molecule has 0 amide bonds. The number of carboxylic acid groups (broad SMARTS) is 1. The van der Waals surface area contributed by atoms with Crippen molar-refractivity contribution < 1.29 is 90.8 Å². The van der Waals surface area contributed by atoms with Crippen LogP contribution in [0.1, 0.15) is 63.9 Å². The van der Waals surface area contributed by atoms with Crippen molar-refractivity contribution in [2.45, 2.75) is 103 Å². The molecule has 2 aromatic rings. The van der Waals surface area contributed by atoms with Crippen LogP contribution in [0.3, 0.4) is 0 Å². The van der Waals surface area contributed by atoms with E-state index < -0.39 is 123 Å². The molecule has 2 aromatic carbocycles. The zero-order valence-corrected chi connectivity index (χ0v) is 33.5. The number of hydrogen-bond acceptors (Lipinski definition) is 18. The summed E-state index contributed by atoms with van der Waals surface area (Å²) in [6.45, 7) is 5.15. The van der Waals surface area contributed by atoms with Crippen molar-refractivity contribution in [3.05, 3.63) is 71.8 Å². The predicted molar refractivity (Wildman–Crippen MR) is 200 cm³/mol. The minimum atomic E-state index is -1.83. The molecule has 10 unspecified atom stereocenters. The molecule has 19 heteroatoms. The van der Waals surface area contributed by atoms with Gasteiger partial charge in [-0.25, -0.2) is 0 Å². The Morgan fingerprint density at radius 2 is 1.08 bits per heavy atom. The molecule has 2 saturated heterocycles. The van der Waals surface area contributed by atoms with Gasteiger partial charge in [0.1, 0.15) is 31.2 Å². The van der Waals surface area contributed by atoms with Crippen LogP contribution in [0.15, 0.2) is 60.7 Å². The van der Waals surface area contributed by atoms with Gasteiger partial charge in [0.25, 0.3) is 0 Å². The molecule has 10 atom stereocenters. The highest BCUT2D eigenvalue weighted by Gasteiger charge is 2.57. The fraction of sp³-hybridized carbons (Fsp3) is 0.463. The van der Waals surface area contributed by atoms with Crippen molar-refractivity contribution in [2.24, 2.45) is 5.92 Å². The number of allylic oxidation sites excluding steroid dienone is 1. The fourth-order valence-electron chi connectivity index (χ4n) is 6.49. The summed E-state index contributed by atoms with van der Waals surface area (Å²) in [5.74, 6) is -8.02. The molecule has 4 rings (SSSR count). The predicted octanol–water partition coefficient (Wildman–Crippen LogP) is 2.74. The summed E-state index contributed by atoms with van der Waals surface area (Å²) >= 11 is 0. The first-order chi connectivity index (χ1) is 28.4. The largest absolute Gasteiger partial charge is 0.481 e. The quantitative estimate of drug-likeness (QED) is 0.104. The van der Waals surface area contributed by atoms with Crippen LogP contribution < -0.4 is 4.74 Å². The van der Waals surface area contributed by atoms with E-state index in [1.807, 2.05) is 0 Å². The van der Waals surface area contributed by atoms with E-state index in [1.165, 1.54) is 18.2 Å². The van der Waals surface area contributed by atoms with Crippen LogP contribution in [0.5, 0.6) is 5.75 Å². The van der Waals surface area contributed by atoms with Crippen LogP contribution in [0.2, 0.25) is 0 Å². The number of carbonyl (C=O) groups excluding carboxylic acids is 7. The fourth-order valence-corrected chi connectivity index (χ4v) is 6.49. The van der Waals surface area contributed by atoms with Gasteiger partial charge in [0, 0.05) is 53.0 Å². The second-order valence-electron chi connectivity index (χ2n) is 13.6. The zero-order chi connectivity index (χ0) is 44.1. The summed E-state index contributed by atoms with van der Waals surface area (Å²) < 4.78 is 57.3. The topological polar surface area (TPSA) is 249 Å². The number of esters is 6. The van der Waals surface area contributed by atoms with Crippen LogP contribution in [0.25, 0.3) is 6.08 Å². The molecular formula is C41H46O19. The molecule has 1 N–H and O–H groups in total. The lowest BCUT2D eigenvalue weighted by Gasteiger charge is -2.49. The average molecular weight is 843 g/mol. The van der Waals surface area contributed by atoms with Crippen molar-refractivity contribution >= 4 is 53.6 Å². The molecule has 0 radical (unpaired) electrons. The summed E-state index contributed by atoms with van der Waals surface area (Å²) in [6, 6.07) is 14.9. The Balaban J connectivity index is 1.74. The van der Waals surface area contributed by atoms with E-state index >= 15 is 0 Å². The lowest BCUT2D eigenvalue weighted by atomic mass is 9.85. The average Bonchev–Trinajstić information content (AvgIpc) is 3.16. The van der Waals surface area contributed by atoms with E-state index in [1.54, 1.807) is 48.5 Å². The van der Waals surface area contributed by atoms with Crippen LogP contribution in [-0.4, -0.2) is 121 Å². The van der Waals surface area contributed by atoms with E-state index in [9.17, 15) is 43.5 Å². The minimum Gasteiger partial charge on any atom is -0.481 e. The maximum atomic E-state index is 12.6. The number of ketones is 1. The summed E-state index contributed by atoms with van der Waals surface area (Å²) in [4.78, 5) is 98.7. The van der Waals surface area contributed by atoms with Gasteiger partial charge in [-0.05, 0) is 23.8 Å². The van der Waals surface area contributed by atoms with Gasteiger partial charge in [0.15, 0.2) is 36.5 Å². The van der Waals surface area contributed by atoms with E-state index in [-0.39, 0.29) is 11.5 Å². The molecule has 2 aliphatic heterocycles. The Kier molecular flexibility index (Phi) is 16.8. The first-order valence-corrected chi connectivity index (χ1v) is 18.6. The van der Waals surface area contributed by atoms with Gasteiger partial charge in [-0.2, -0.15) is 0 Å². The molecule has 324 valence electrons. The zero-order valence-electron chi connectivity index (χ0n) is 33.5.